The SMILES string of the molecule is COCC(C)CNc1ccc(Br)cc1C(N)=S. The number of hydrogen-bond donors (Lipinski definition) is 2. The van der Waals surface area contributed by atoms with Crippen LogP contribution in [-0.2, 0) is 4.74 Å². The zero-order valence-corrected chi connectivity index (χ0v) is 12.4. The van der Waals surface area contributed by atoms with Gasteiger partial charge in [0, 0.05) is 29.4 Å². The number of anilines is 1. The van der Waals surface area contributed by atoms with Gasteiger partial charge in [0.25, 0.3) is 0 Å². The average molecular weight is 317 g/mol. The van der Waals surface area contributed by atoms with Crippen molar-refractivity contribution in [2.45, 2.75) is 6.92 Å². The molecule has 0 saturated heterocycles. The van der Waals surface area contributed by atoms with Crippen LogP contribution in [0.2, 0.25) is 0 Å². The highest BCUT2D eigenvalue weighted by Gasteiger charge is 2.07. The van der Waals surface area contributed by atoms with Crippen molar-refractivity contribution >= 4 is 38.8 Å². The molecule has 0 heterocycles. The molecule has 0 aromatic heterocycles. The predicted molar refractivity (Wildman–Crippen MR) is 79.6 cm³/mol. The van der Waals surface area contributed by atoms with Crippen molar-refractivity contribution in [1.29, 1.82) is 0 Å². The molecule has 0 amide bonds. The van der Waals surface area contributed by atoms with E-state index in [2.05, 4.69) is 28.2 Å². The van der Waals surface area contributed by atoms with Crippen LogP contribution < -0.4 is 11.1 Å². The first-order chi connectivity index (χ1) is 8.04. The van der Waals surface area contributed by atoms with Crippen LogP contribution in [0.4, 0.5) is 5.69 Å². The third-order valence-corrected chi connectivity index (χ3v) is 3.05. The molecular formula is C12H17BrN2OS. The second-order valence-corrected chi connectivity index (χ2v) is 5.35. The highest BCUT2D eigenvalue weighted by molar-refractivity contribution is 9.10. The number of ether oxygens (including phenoxy) is 1. The lowest BCUT2D eigenvalue weighted by molar-refractivity contribution is 0.164. The van der Waals surface area contributed by atoms with Crippen LogP contribution in [0.3, 0.4) is 0 Å². The molecule has 1 unspecified atom stereocenters. The summed E-state index contributed by atoms with van der Waals surface area (Å²) < 4.78 is 6.06. The molecule has 0 spiro atoms. The molecule has 0 fully saturated rings. The molecule has 1 aromatic rings. The highest BCUT2D eigenvalue weighted by Crippen LogP contribution is 2.21. The van der Waals surface area contributed by atoms with Gasteiger partial charge >= 0.3 is 0 Å². The molecule has 0 bridgehead atoms. The first-order valence-electron chi connectivity index (χ1n) is 5.36. The van der Waals surface area contributed by atoms with Gasteiger partial charge in [-0.05, 0) is 24.1 Å². The van der Waals surface area contributed by atoms with Gasteiger partial charge in [0.1, 0.15) is 4.99 Å². The molecule has 1 atom stereocenters. The molecule has 0 aliphatic rings. The van der Waals surface area contributed by atoms with Gasteiger partial charge in [0.2, 0.25) is 0 Å². The summed E-state index contributed by atoms with van der Waals surface area (Å²) in [5, 5.41) is 3.34. The van der Waals surface area contributed by atoms with Crippen LogP contribution in [0.1, 0.15) is 12.5 Å². The molecule has 94 valence electrons. The highest BCUT2D eigenvalue weighted by atomic mass is 79.9. The second-order valence-electron chi connectivity index (χ2n) is 4.00. The predicted octanol–water partition coefficient (Wildman–Crippen LogP) is 2.78. The fourth-order valence-electron chi connectivity index (χ4n) is 1.50. The summed E-state index contributed by atoms with van der Waals surface area (Å²) in [6.07, 6.45) is 0. The maximum atomic E-state index is 5.69. The largest absolute Gasteiger partial charge is 0.389 e. The number of nitrogens with one attached hydrogen (secondary N) is 1. The zero-order valence-electron chi connectivity index (χ0n) is 10.00. The van der Waals surface area contributed by atoms with Crippen molar-refractivity contribution in [2.24, 2.45) is 11.7 Å². The van der Waals surface area contributed by atoms with E-state index in [1.807, 2.05) is 18.2 Å². The summed E-state index contributed by atoms with van der Waals surface area (Å²) in [5.74, 6) is 0.433. The number of thiocarbonyl (C=S) groups is 1. The van der Waals surface area contributed by atoms with E-state index >= 15 is 0 Å². The van der Waals surface area contributed by atoms with E-state index in [1.165, 1.54) is 0 Å². The number of nitrogens with two attached hydrogens (primary N) is 1. The van der Waals surface area contributed by atoms with E-state index in [4.69, 9.17) is 22.7 Å². The Hall–Kier alpha value is -0.650. The first kappa shape index (κ1) is 14.4. The normalized spacial score (nSPS) is 12.2. The Bertz CT molecular complexity index is 398. The van der Waals surface area contributed by atoms with Gasteiger partial charge in [0.05, 0.1) is 6.61 Å². The minimum Gasteiger partial charge on any atom is -0.389 e. The Morgan fingerprint density at radius 2 is 2.29 bits per heavy atom. The number of methoxy groups -OCH3 is 1. The number of benzene rings is 1. The maximum Gasteiger partial charge on any atom is 0.106 e. The summed E-state index contributed by atoms with van der Waals surface area (Å²) in [6.45, 7) is 3.67. The molecule has 1 rings (SSSR count). The topological polar surface area (TPSA) is 47.3 Å². The van der Waals surface area contributed by atoms with E-state index in [1.54, 1.807) is 7.11 Å². The zero-order chi connectivity index (χ0) is 12.8. The molecule has 0 aliphatic carbocycles. The lowest BCUT2D eigenvalue weighted by Crippen LogP contribution is -2.19. The van der Waals surface area contributed by atoms with E-state index in [9.17, 15) is 0 Å². The van der Waals surface area contributed by atoms with Gasteiger partial charge in [-0.25, -0.2) is 0 Å². The number of rotatable bonds is 6. The number of hydrogen-bond acceptors (Lipinski definition) is 3. The van der Waals surface area contributed by atoms with Crippen LogP contribution in [0.5, 0.6) is 0 Å². The van der Waals surface area contributed by atoms with Gasteiger partial charge in [-0.3, -0.25) is 0 Å². The summed E-state index contributed by atoms with van der Waals surface area (Å²) in [5.41, 5.74) is 7.52. The summed E-state index contributed by atoms with van der Waals surface area (Å²) in [6, 6.07) is 5.86. The van der Waals surface area contributed by atoms with Crippen LogP contribution >= 0.6 is 28.1 Å². The summed E-state index contributed by atoms with van der Waals surface area (Å²) >= 11 is 8.44. The molecule has 5 heteroatoms. The van der Waals surface area contributed by atoms with Crippen LogP contribution in [0.25, 0.3) is 0 Å². The van der Waals surface area contributed by atoms with Crippen LogP contribution in [-0.4, -0.2) is 25.2 Å². The van der Waals surface area contributed by atoms with Crippen molar-refractivity contribution < 1.29 is 4.74 Å². The molecule has 17 heavy (non-hydrogen) atoms. The molecule has 3 nitrogen and oxygen atoms in total. The summed E-state index contributed by atoms with van der Waals surface area (Å²) in [7, 11) is 1.70. The standard InChI is InChI=1S/C12H17BrN2OS/c1-8(7-16-2)6-15-11-4-3-9(13)5-10(11)12(14)17/h3-5,8,15H,6-7H2,1-2H3,(H2,14,17). The van der Waals surface area contributed by atoms with E-state index < -0.39 is 0 Å². The molecule has 1 aromatic carbocycles. The molecule has 0 saturated carbocycles. The Morgan fingerprint density at radius 1 is 1.59 bits per heavy atom. The van der Waals surface area contributed by atoms with E-state index in [-0.39, 0.29) is 0 Å². The quantitative estimate of drug-likeness (QED) is 0.792. The monoisotopic (exact) mass is 316 g/mol. The smallest absolute Gasteiger partial charge is 0.106 e. The Balaban J connectivity index is 2.73. The third kappa shape index (κ3) is 4.61. The maximum absolute atomic E-state index is 5.69. The first-order valence-corrected chi connectivity index (χ1v) is 6.57. The Labute approximate surface area is 116 Å². The Kier molecular flexibility index (Phi) is 5.88. The lowest BCUT2D eigenvalue weighted by atomic mass is 10.1. The molecular weight excluding hydrogens is 300 g/mol. The van der Waals surface area contributed by atoms with Gasteiger partial charge < -0.3 is 15.8 Å². The molecule has 0 radical (unpaired) electrons. The van der Waals surface area contributed by atoms with Crippen molar-refractivity contribution in [1.82, 2.24) is 0 Å². The van der Waals surface area contributed by atoms with E-state index in [0.29, 0.717) is 10.9 Å². The van der Waals surface area contributed by atoms with Gasteiger partial charge in [-0.15, -0.1) is 0 Å². The third-order valence-electron chi connectivity index (χ3n) is 2.34. The van der Waals surface area contributed by atoms with Crippen molar-refractivity contribution in [3.63, 3.8) is 0 Å². The summed E-state index contributed by atoms with van der Waals surface area (Å²) in [4.78, 5) is 0.396. The van der Waals surface area contributed by atoms with Crippen LogP contribution in [0, 0.1) is 5.92 Å². The molecule has 3 N–H and O–H groups in total. The number of halogens is 1. The van der Waals surface area contributed by atoms with Crippen molar-refractivity contribution in [2.75, 3.05) is 25.6 Å². The van der Waals surface area contributed by atoms with Gasteiger partial charge in [-0.1, -0.05) is 35.1 Å². The van der Waals surface area contributed by atoms with Gasteiger partial charge in [0.15, 0.2) is 0 Å². The van der Waals surface area contributed by atoms with E-state index in [0.717, 1.165) is 28.9 Å². The average Bonchev–Trinajstić information content (AvgIpc) is 2.27. The second kappa shape index (κ2) is 6.93. The molecule has 0 aliphatic heterocycles. The van der Waals surface area contributed by atoms with Crippen molar-refractivity contribution in [3.05, 3.63) is 28.2 Å². The van der Waals surface area contributed by atoms with Gasteiger partial charge in [-0.2, -0.15) is 0 Å². The fourth-order valence-corrected chi connectivity index (χ4v) is 2.03. The van der Waals surface area contributed by atoms with Crippen molar-refractivity contribution in [3.8, 4) is 0 Å². The minimum absolute atomic E-state index is 0.396. The lowest BCUT2D eigenvalue weighted by Gasteiger charge is -2.15. The van der Waals surface area contributed by atoms with Crippen LogP contribution in [0.15, 0.2) is 22.7 Å². The Morgan fingerprint density at radius 3 is 2.88 bits per heavy atom. The fraction of sp³-hybridized carbons (Fsp3) is 0.417. The minimum atomic E-state index is 0.396.